The lowest BCUT2D eigenvalue weighted by Crippen LogP contribution is -2.49. The highest BCUT2D eigenvalue weighted by Gasteiger charge is 2.41. The van der Waals surface area contributed by atoms with Gasteiger partial charge in [0.05, 0.1) is 30.1 Å². The fraction of sp³-hybridized carbons (Fsp3) is 0.552. The van der Waals surface area contributed by atoms with Gasteiger partial charge in [-0.3, -0.25) is 9.69 Å². The molecule has 16 heteroatoms. The molecule has 4 rings (SSSR count). The largest absolute Gasteiger partial charge is 0.416 e. The molecule has 2 atom stereocenters. The molecule has 2 aliphatic heterocycles. The maximum Gasteiger partial charge on any atom is 0.416 e. The number of aryl methyl sites for hydroxylation is 1. The van der Waals surface area contributed by atoms with Gasteiger partial charge < -0.3 is 9.64 Å². The van der Waals surface area contributed by atoms with Gasteiger partial charge in [0.25, 0.3) is 0 Å². The Balaban J connectivity index is 0.00000552. The van der Waals surface area contributed by atoms with Gasteiger partial charge >= 0.3 is 12.4 Å². The number of nitrogens with zero attached hydrogens (tertiary/aromatic N) is 3. The Bertz CT molecular complexity index is 1420. The lowest BCUT2D eigenvalue weighted by Gasteiger charge is -2.39. The van der Waals surface area contributed by atoms with Crippen LogP contribution >= 0.6 is 12.4 Å². The number of sulfonamides is 1. The molecule has 2 aliphatic rings. The minimum Gasteiger partial charge on any atom is -0.379 e. The van der Waals surface area contributed by atoms with Gasteiger partial charge in [-0.1, -0.05) is 6.07 Å². The Morgan fingerprint density at radius 3 is 2.13 bits per heavy atom. The lowest BCUT2D eigenvalue weighted by atomic mass is 9.79. The van der Waals surface area contributed by atoms with E-state index in [1.165, 1.54) is 29.6 Å². The van der Waals surface area contributed by atoms with Crippen molar-refractivity contribution in [3.05, 3.63) is 70.0 Å². The minimum atomic E-state index is -5.04. The van der Waals surface area contributed by atoms with E-state index in [1.54, 1.807) is 6.92 Å². The third kappa shape index (κ3) is 9.31. The molecule has 2 saturated heterocycles. The first kappa shape index (κ1) is 37.0. The number of carbonyl (C=O) groups excluding carboxylic acids is 1. The molecule has 0 saturated carbocycles. The predicted octanol–water partition coefficient (Wildman–Crippen LogP) is 5.32. The molecule has 45 heavy (non-hydrogen) atoms. The molecule has 0 spiro atoms. The molecule has 0 aliphatic carbocycles. The van der Waals surface area contributed by atoms with Gasteiger partial charge in [0.2, 0.25) is 15.9 Å². The van der Waals surface area contributed by atoms with Crippen LogP contribution in [0.4, 0.5) is 30.7 Å². The number of hydrogen-bond donors (Lipinski definition) is 0. The van der Waals surface area contributed by atoms with Crippen molar-refractivity contribution in [3.8, 4) is 0 Å². The second kappa shape index (κ2) is 14.5. The average Bonchev–Trinajstić information content (AvgIpc) is 2.95. The van der Waals surface area contributed by atoms with E-state index in [9.17, 15) is 43.9 Å². The summed E-state index contributed by atoms with van der Waals surface area (Å²) in [5.41, 5.74) is -2.32. The van der Waals surface area contributed by atoms with Gasteiger partial charge in [0, 0.05) is 58.2 Å². The first-order valence-electron chi connectivity index (χ1n) is 14.0. The van der Waals surface area contributed by atoms with Gasteiger partial charge in [0.15, 0.2) is 0 Å². The van der Waals surface area contributed by atoms with Crippen molar-refractivity contribution < 1.29 is 48.7 Å². The highest BCUT2D eigenvalue weighted by Crippen LogP contribution is 2.39. The highest BCUT2D eigenvalue weighted by molar-refractivity contribution is 7.89. The van der Waals surface area contributed by atoms with Gasteiger partial charge in [-0.15, -0.1) is 12.4 Å². The Hall–Kier alpha value is -2.46. The van der Waals surface area contributed by atoms with Gasteiger partial charge in [-0.25, -0.2) is 17.1 Å². The zero-order valence-corrected chi connectivity index (χ0v) is 26.3. The van der Waals surface area contributed by atoms with Crippen LogP contribution in [-0.2, 0) is 38.5 Å². The summed E-state index contributed by atoms with van der Waals surface area (Å²) < 4.78 is 128. The van der Waals surface area contributed by atoms with Crippen molar-refractivity contribution in [2.45, 2.75) is 38.2 Å². The van der Waals surface area contributed by atoms with E-state index in [2.05, 4.69) is 0 Å². The third-order valence-electron chi connectivity index (χ3n) is 8.13. The van der Waals surface area contributed by atoms with Crippen LogP contribution in [0.2, 0.25) is 0 Å². The minimum absolute atomic E-state index is 0. The van der Waals surface area contributed by atoms with Crippen LogP contribution < -0.4 is 0 Å². The van der Waals surface area contributed by atoms with Crippen LogP contribution in [-0.4, -0.2) is 87.2 Å². The first-order chi connectivity index (χ1) is 20.5. The Morgan fingerprint density at radius 1 is 0.978 bits per heavy atom. The van der Waals surface area contributed by atoms with Crippen LogP contribution in [0.3, 0.4) is 0 Å². The molecule has 0 radical (unpaired) electrons. The maximum absolute atomic E-state index is 14.0. The number of ether oxygens (including phenoxy) is 1. The normalized spacial score (nSPS) is 20.5. The number of carbonyl (C=O) groups is 1. The van der Waals surface area contributed by atoms with Crippen LogP contribution in [0.25, 0.3) is 0 Å². The Kier molecular flexibility index (Phi) is 11.9. The monoisotopic (exact) mass is 689 g/mol. The number of rotatable bonds is 8. The highest BCUT2D eigenvalue weighted by atomic mass is 35.5. The van der Waals surface area contributed by atoms with Crippen LogP contribution in [0.1, 0.15) is 40.2 Å². The van der Waals surface area contributed by atoms with E-state index < -0.39 is 63.6 Å². The van der Waals surface area contributed by atoms with E-state index in [-0.39, 0.29) is 49.3 Å². The molecule has 2 aromatic rings. The van der Waals surface area contributed by atoms with Crippen molar-refractivity contribution in [2.75, 3.05) is 58.7 Å². The summed E-state index contributed by atoms with van der Waals surface area (Å²) in [6, 6.07) is 5.10. The van der Waals surface area contributed by atoms with E-state index in [4.69, 9.17) is 4.74 Å². The van der Waals surface area contributed by atoms with E-state index >= 15 is 0 Å². The molecule has 2 aromatic carbocycles. The van der Waals surface area contributed by atoms with Crippen molar-refractivity contribution in [1.82, 2.24) is 14.1 Å². The number of hydrogen-bond acceptors (Lipinski definition) is 5. The van der Waals surface area contributed by atoms with Gasteiger partial charge in [0.1, 0.15) is 5.82 Å². The molecule has 2 fully saturated rings. The summed E-state index contributed by atoms with van der Waals surface area (Å²) in [5.74, 6) is -2.85. The number of amides is 1. The van der Waals surface area contributed by atoms with Crippen molar-refractivity contribution in [1.29, 1.82) is 0 Å². The molecule has 7 nitrogen and oxygen atoms in total. The molecule has 0 bridgehead atoms. The predicted molar refractivity (Wildman–Crippen MR) is 155 cm³/mol. The van der Waals surface area contributed by atoms with Crippen LogP contribution in [0.15, 0.2) is 36.4 Å². The molecule has 2 heterocycles. The van der Waals surface area contributed by atoms with Gasteiger partial charge in [-0.05, 0) is 60.4 Å². The zero-order valence-electron chi connectivity index (χ0n) is 24.6. The van der Waals surface area contributed by atoms with Crippen LogP contribution in [0.5, 0.6) is 0 Å². The Labute approximate surface area is 263 Å². The second-order valence-corrected chi connectivity index (χ2v) is 13.3. The van der Waals surface area contributed by atoms with E-state index in [0.29, 0.717) is 56.1 Å². The van der Waals surface area contributed by atoms with E-state index in [0.717, 1.165) is 4.90 Å². The quantitative estimate of drug-likeness (QED) is 0.351. The summed E-state index contributed by atoms with van der Waals surface area (Å²) in [7, 11) is -2.49. The molecular formula is C29H35ClF7N3O4S. The smallest absolute Gasteiger partial charge is 0.379 e. The SMILES string of the molecule is Cc1cc(F)ccc1C1CN(S(=O)(=O)CCN2CCOCC2)CCC1C(=O)N(C)Cc1cc(C(F)(F)F)cc(C(F)(F)F)c1.Cl. The maximum atomic E-state index is 14.0. The number of piperidine rings is 1. The second-order valence-electron chi connectivity index (χ2n) is 11.2. The molecule has 0 N–H and O–H groups in total. The summed E-state index contributed by atoms with van der Waals surface area (Å²) in [4.78, 5) is 16.8. The average molecular weight is 690 g/mol. The molecule has 2 unspecified atom stereocenters. The first-order valence-corrected chi connectivity index (χ1v) is 15.6. The van der Waals surface area contributed by atoms with Crippen LogP contribution in [0, 0.1) is 18.7 Å². The fourth-order valence-corrected chi connectivity index (χ4v) is 7.30. The fourth-order valence-electron chi connectivity index (χ4n) is 5.78. The summed E-state index contributed by atoms with van der Waals surface area (Å²) in [6.07, 6.45) is -10.0. The van der Waals surface area contributed by atoms with Crippen molar-refractivity contribution in [3.63, 3.8) is 0 Å². The summed E-state index contributed by atoms with van der Waals surface area (Å²) in [6.45, 7) is 3.49. The van der Waals surface area contributed by atoms with E-state index in [1.807, 2.05) is 4.90 Å². The number of alkyl halides is 6. The van der Waals surface area contributed by atoms with Crippen molar-refractivity contribution >= 4 is 28.3 Å². The summed E-state index contributed by atoms with van der Waals surface area (Å²) >= 11 is 0. The molecular weight excluding hydrogens is 655 g/mol. The van der Waals surface area contributed by atoms with Crippen molar-refractivity contribution in [2.24, 2.45) is 5.92 Å². The summed E-state index contributed by atoms with van der Waals surface area (Å²) in [5, 5.41) is 0. The number of halogens is 8. The zero-order chi connectivity index (χ0) is 32.4. The molecule has 1 amide bonds. The third-order valence-corrected chi connectivity index (χ3v) is 9.95. The molecule has 252 valence electrons. The standard InChI is InChI=1S/C29H34F7N3O4S.ClH/c1-19-13-23(30)3-4-24(19)26-18-39(44(41,42)12-9-38-7-10-43-11-8-38)6-5-25(26)27(40)37(2)17-20-14-21(28(31,32)33)16-22(15-20)29(34,35)36;/h3-4,13-16,25-26H,5-12,17-18H2,1-2H3;1H. The molecule has 0 aromatic heterocycles. The topological polar surface area (TPSA) is 70.2 Å². The number of benzene rings is 2. The lowest BCUT2D eigenvalue weighted by molar-refractivity contribution is -0.143. The number of morpholine rings is 1. The Morgan fingerprint density at radius 2 is 1.58 bits per heavy atom. The van der Waals surface area contributed by atoms with Gasteiger partial charge in [-0.2, -0.15) is 26.3 Å².